The number of rotatable bonds is 4. The largest absolute Gasteiger partial charge is 0.354 e. The van der Waals surface area contributed by atoms with Crippen molar-refractivity contribution in [1.29, 1.82) is 0 Å². The average molecular weight is 473 g/mol. The van der Waals surface area contributed by atoms with Crippen LogP contribution in [0, 0.1) is 25.5 Å². The number of nitrogens with zero attached hydrogens (tertiary/aromatic N) is 5. The van der Waals surface area contributed by atoms with E-state index in [0.29, 0.717) is 66.0 Å². The lowest BCUT2D eigenvalue weighted by molar-refractivity contribution is 0.0854. The van der Waals surface area contributed by atoms with Crippen LogP contribution in [0.5, 0.6) is 0 Å². The van der Waals surface area contributed by atoms with Gasteiger partial charge in [0.1, 0.15) is 29.0 Å². The first-order valence-corrected chi connectivity index (χ1v) is 10.9. The number of amidine groups is 1. The Balaban J connectivity index is 1.58. The summed E-state index contributed by atoms with van der Waals surface area (Å²) in [5, 5.41) is 10.4. The third-order valence-electron chi connectivity index (χ3n) is 6.11. The molecule has 3 aromatic rings. The molecule has 34 heavy (non-hydrogen) atoms. The Morgan fingerprint density at radius 3 is 2.44 bits per heavy atom. The van der Waals surface area contributed by atoms with Crippen LogP contribution in [0.2, 0.25) is 0 Å². The van der Waals surface area contributed by atoms with Gasteiger partial charge in [0.2, 0.25) is 0 Å². The van der Waals surface area contributed by atoms with Crippen LogP contribution in [0.15, 0.2) is 29.3 Å². The Morgan fingerprint density at radius 2 is 1.76 bits per heavy atom. The molecule has 2 aliphatic rings. The van der Waals surface area contributed by atoms with Crippen LogP contribution in [0.3, 0.4) is 0 Å². The van der Waals surface area contributed by atoms with Crippen molar-refractivity contribution >= 4 is 23.0 Å². The highest BCUT2D eigenvalue weighted by molar-refractivity contribution is 6.14. The molecule has 2 N–H and O–H groups in total. The number of pyridine rings is 1. The molecule has 7 nitrogen and oxygen atoms in total. The second-order valence-corrected chi connectivity index (χ2v) is 8.40. The Bertz CT molecular complexity index is 1240. The number of fused-ring (bicyclic) bond motifs is 3. The summed E-state index contributed by atoms with van der Waals surface area (Å²) in [6.45, 7) is 5.46. The number of aromatic amines is 1. The van der Waals surface area contributed by atoms with Crippen molar-refractivity contribution < 1.29 is 17.6 Å². The molecule has 0 amide bonds. The standard InChI is InChI=1S/C23H23F4N7/c1-12-20-14(10-18(28-12)34-8-6-33(7-9-34)11-17(26)27)22-21(13(2)31-32-22)30-23(29-20)19-15(24)4-3-5-16(19)25/h3-5,10,17H,6-9,11H2,1-2H3,(H,29,30)(H,31,32). The number of nitrogens with one attached hydrogen (secondary N) is 2. The van der Waals surface area contributed by atoms with E-state index in [1.165, 1.54) is 18.2 Å². The van der Waals surface area contributed by atoms with Crippen molar-refractivity contribution in [1.82, 2.24) is 20.1 Å². The van der Waals surface area contributed by atoms with Crippen molar-refractivity contribution in [2.75, 3.05) is 42.9 Å². The molecule has 0 spiro atoms. The van der Waals surface area contributed by atoms with E-state index < -0.39 is 18.1 Å². The highest BCUT2D eigenvalue weighted by atomic mass is 19.3. The van der Waals surface area contributed by atoms with Crippen molar-refractivity contribution in [2.24, 2.45) is 4.99 Å². The third-order valence-corrected chi connectivity index (χ3v) is 6.11. The van der Waals surface area contributed by atoms with Gasteiger partial charge in [-0.1, -0.05) is 6.07 Å². The summed E-state index contributed by atoms with van der Waals surface area (Å²) < 4.78 is 54.7. The molecule has 1 fully saturated rings. The van der Waals surface area contributed by atoms with Crippen LogP contribution in [0.1, 0.15) is 17.0 Å². The molecule has 0 aliphatic carbocycles. The minimum Gasteiger partial charge on any atom is -0.354 e. The number of aromatic nitrogens is 3. The van der Waals surface area contributed by atoms with Gasteiger partial charge >= 0.3 is 0 Å². The number of hydrogen-bond acceptors (Lipinski definition) is 6. The first-order valence-electron chi connectivity index (χ1n) is 10.9. The van der Waals surface area contributed by atoms with Crippen LogP contribution < -0.4 is 10.2 Å². The normalized spacial score (nSPS) is 16.1. The van der Waals surface area contributed by atoms with Gasteiger partial charge in [0.25, 0.3) is 6.43 Å². The predicted octanol–water partition coefficient (Wildman–Crippen LogP) is 4.26. The summed E-state index contributed by atoms with van der Waals surface area (Å²) in [7, 11) is 0. The fourth-order valence-corrected chi connectivity index (χ4v) is 4.37. The highest BCUT2D eigenvalue weighted by Gasteiger charge is 2.28. The van der Waals surface area contributed by atoms with Crippen molar-refractivity contribution in [3.63, 3.8) is 0 Å². The van der Waals surface area contributed by atoms with Gasteiger partial charge in [0.15, 0.2) is 0 Å². The number of hydrogen-bond donors (Lipinski definition) is 2. The van der Waals surface area contributed by atoms with Crippen LogP contribution in [-0.2, 0) is 0 Å². The van der Waals surface area contributed by atoms with Gasteiger partial charge in [-0.15, -0.1) is 0 Å². The fourth-order valence-electron chi connectivity index (χ4n) is 4.37. The SMILES string of the molecule is Cc1nc(N2CCN(CC(F)F)CC2)cc2c1N=C(c1c(F)cccc1F)Nc1c-2n[nH]c1C. The number of aliphatic imine (C=N–C) groups is 1. The van der Waals surface area contributed by atoms with Gasteiger partial charge in [0, 0.05) is 31.7 Å². The first-order chi connectivity index (χ1) is 16.3. The van der Waals surface area contributed by atoms with Crippen LogP contribution in [0.4, 0.5) is 34.8 Å². The minimum absolute atomic E-state index is 0.0263. The topological polar surface area (TPSA) is 72.4 Å². The summed E-state index contributed by atoms with van der Waals surface area (Å²) >= 11 is 0. The number of halogens is 4. The van der Waals surface area contributed by atoms with Crippen molar-refractivity contribution in [3.05, 3.63) is 52.9 Å². The lowest BCUT2D eigenvalue weighted by Gasteiger charge is -2.35. The zero-order valence-corrected chi connectivity index (χ0v) is 18.7. The van der Waals surface area contributed by atoms with E-state index in [2.05, 4.69) is 25.5 Å². The van der Waals surface area contributed by atoms with E-state index in [9.17, 15) is 17.6 Å². The molecule has 0 atom stereocenters. The molecule has 1 saturated heterocycles. The number of H-pyrrole nitrogens is 1. The minimum atomic E-state index is -2.36. The molecule has 0 radical (unpaired) electrons. The lowest BCUT2D eigenvalue weighted by atomic mass is 10.1. The van der Waals surface area contributed by atoms with E-state index in [-0.39, 0.29) is 17.9 Å². The Hall–Kier alpha value is -3.47. The highest BCUT2D eigenvalue weighted by Crippen LogP contribution is 2.42. The average Bonchev–Trinajstić information content (AvgIpc) is 3.05. The fraction of sp³-hybridized carbons (Fsp3) is 0.348. The molecule has 2 aromatic heterocycles. The van der Waals surface area contributed by atoms with Gasteiger partial charge in [-0.2, -0.15) is 5.10 Å². The summed E-state index contributed by atoms with van der Waals surface area (Å²) in [4.78, 5) is 13.0. The second-order valence-electron chi connectivity index (χ2n) is 8.40. The monoisotopic (exact) mass is 473 g/mol. The van der Waals surface area contributed by atoms with Crippen LogP contribution >= 0.6 is 0 Å². The summed E-state index contributed by atoms with van der Waals surface area (Å²) in [6, 6.07) is 5.50. The molecular formula is C23H23F4N7. The summed E-state index contributed by atoms with van der Waals surface area (Å²) in [5.74, 6) is -0.767. The molecule has 2 aliphatic heterocycles. The lowest BCUT2D eigenvalue weighted by Crippen LogP contribution is -2.48. The summed E-state index contributed by atoms with van der Waals surface area (Å²) in [6.07, 6.45) is -2.36. The zero-order chi connectivity index (χ0) is 24.0. The predicted molar refractivity (Wildman–Crippen MR) is 122 cm³/mol. The van der Waals surface area contributed by atoms with Gasteiger partial charge in [0.05, 0.1) is 34.9 Å². The molecule has 11 heteroatoms. The molecule has 1 aromatic carbocycles. The quantitative estimate of drug-likeness (QED) is 0.554. The molecule has 178 valence electrons. The van der Waals surface area contributed by atoms with Gasteiger partial charge in [-0.3, -0.25) is 10.00 Å². The maximum atomic E-state index is 14.6. The second kappa shape index (κ2) is 8.71. The van der Waals surface area contributed by atoms with E-state index >= 15 is 0 Å². The number of anilines is 2. The third kappa shape index (κ3) is 4.00. The molecular weight excluding hydrogens is 450 g/mol. The first kappa shape index (κ1) is 22.3. The van der Waals surface area contributed by atoms with E-state index in [0.717, 1.165) is 0 Å². The number of benzene rings is 1. The van der Waals surface area contributed by atoms with Crippen LogP contribution in [-0.4, -0.2) is 65.1 Å². The Morgan fingerprint density at radius 1 is 1.06 bits per heavy atom. The Kier molecular flexibility index (Phi) is 5.72. The van der Waals surface area contributed by atoms with E-state index in [1.54, 1.807) is 18.7 Å². The van der Waals surface area contributed by atoms with Crippen molar-refractivity contribution in [2.45, 2.75) is 20.3 Å². The smallest absolute Gasteiger partial charge is 0.251 e. The molecule has 5 rings (SSSR count). The number of alkyl halides is 2. The maximum absolute atomic E-state index is 14.6. The maximum Gasteiger partial charge on any atom is 0.251 e. The molecule has 4 heterocycles. The van der Waals surface area contributed by atoms with Gasteiger partial charge in [-0.05, 0) is 32.0 Å². The number of aryl methyl sites for hydroxylation is 2. The van der Waals surface area contributed by atoms with Crippen molar-refractivity contribution in [3.8, 4) is 11.3 Å². The number of piperazine rings is 1. The molecule has 0 bridgehead atoms. The van der Waals surface area contributed by atoms with E-state index in [4.69, 9.17) is 0 Å². The zero-order valence-electron chi connectivity index (χ0n) is 18.7. The van der Waals surface area contributed by atoms with E-state index in [1.807, 2.05) is 11.0 Å². The summed E-state index contributed by atoms with van der Waals surface area (Å²) in [5.41, 5.74) is 3.23. The molecule has 0 saturated carbocycles. The van der Waals surface area contributed by atoms with Gasteiger partial charge in [-0.25, -0.2) is 27.5 Å². The Labute approximate surface area is 193 Å². The van der Waals surface area contributed by atoms with Crippen LogP contribution in [0.25, 0.3) is 11.3 Å². The van der Waals surface area contributed by atoms with Gasteiger partial charge < -0.3 is 10.2 Å². The molecule has 0 unspecified atom stereocenters.